The molecule has 1 aliphatic carbocycles. The van der Waals surface area contributed by atoms with Crippen molar-refractivity contribution in [1.82, 2.24) is 0 Å². The van der Waals surface area contributed by atoms with Gasteiger partial charge in [0.15, 0.2) is 0 Å². The molecule has 1 saturated heterocycles. The van der Waals surface area contributed by atoms with Gasteiger partial charge in [-0.05, 0) is 44.4 Å². The molecule has 0 aromatic rings. The fourth-order valence-corrected chi connectivity index (χ4v) is 3.58. The van der Waals surface area contributed by atoms with E-state index in [0.717, 1.165) is 11.8 Å². The first-order valence-corrected chi connectivity index (χ1v) is 6.20. The Kier molecular flexibility index (Phi) is 2.63. The number of ether oxygens (including phenoxy) is 1. The molecule has 0 bridgehead atoms. The average molecular weight is 196 g/mol. The van der Waals surface area contributed by atoms with E-state index in [-0.39, 0.29) is 0 Å². The Morgan fingerprint density at radius 3 is 2.64 bits per heavy atom. The second-order valence-corrected chi connectivity index (χ2v) is 5.91. The largest absolute Gasteiger partial charge is 0.375 e. The lowest BCUT2D eigenvalue weighted by atomic mass is 9.62. The molecule has 0 radical (unpaired) electrons. The Morgan fingerprint density at radius 1 is 1.29 bits per heavy atom. The molecule has 0 aromatic heterocycles. The van der Waals surface area contributed by atoms with Gasteiger partial charge in [-0.1, -0.05) is 20.8 Å². The maximum Gasteiger partial charge on any atom is 0.0640 e. The van der Waals surface area contributed by atoms with Crippen LogP contribution in [-0.4, -0.2) is 12.2 Å². The number of rotatable bonds is 1. The average Bonchev–Trinajstić information content (AvgIpc) is 2.41. The Bertz CT molecular complexity index is 211. The van der Waals surface area contributed by atoms with Crippen LogP contribution < -0.4 is 0 Å². The van der Waals surface area contributed by atoms with Gasteiger partial charge in [0, 0.05) is 5.41 Å². The van der Waals surface area contributed by atoms with E-state index in [0.29, 0.717) is 17.6 Å². The lowest BCUT2D eigenvalue weighted by Crippen LogP contribution is -2.40. The summed E-state index contributed by atoms with van der Waals surface area (Å²) in [5.74, 6) is 1.65. The van der Waals surface area contributed by atoms with E-state index in [4.69, 9.17) is 4.74 Å². The van der Waals surface area contributed by atoms with Gasteiger partial charge in [-0.15, -0.1) is 0 Å². The SMILES string of the molecule is CC1CC[C@@]2(C(C)C)CC(C)O[C@H]2C1. The van der Waals surface area contributed by atoms with E-state index in [1.165, 1.54) is 25.7 Å². The second-order valence-electron chi connectivity index (χ2n) is 5.91. The fraction of sp³-hybridized carbons (Fsp3) is 1.00. The molecule has 2 aliphatic rings. The number of hydrogen-bond acceptors (Lipinski definition) is 1. The molecule has 1 nitrogen and oxygen atoms in total. The van der Waals surface area contributed by atoms with E-state index in [1.54, 1.807) is 0 Å². The minimum Gasteiger partial charge on any atom is -0.375 e. The zero-order chi connectivity index (χ0) is 10.3. The van der Waals surface area contributed by atoms with E-state index in [2.05, 4.69) is 27.7 Å². The van der Waals surface area contributed by atoms with Gasteiger partial charge >= 0.3 is 0 Å². The number of hydrogen-bond donors (Lipinski definition) is 0. The first-order valence-electron chi connectivity index (χ1n) is 6.20. The highest BCUT2D eigenvalue weighted by Crippen LogP contribution is 2.53. The predicted molar refractivity (Wildman–Crippen MR) is 59.2 cm³/mol. The third-order valence-electron chi connectivity index (χ3n) is 4.57. The van der Waals surface area contributed by atoms with Crippen molar-refractivity contribution >= 4 is 0 Å². The first-order chi connectivity index (χ1) is 6.54. The van der Waals surface area contributed by atoms with Crippen LogP contribution in [0.1, 0.15) is 53.4 Å². The third kappa shape index (κ3) is 1.50. The molecule has 1 heterocycles. The molecule has 2 unspecified atom stereocenters. The predicted octanol–water partition coefficient (Wildman–Crippen LogP) is 3.63. The van der Waals surface area contributed by atoms with Crippen LogP contribution in [0.2, 0.25) is 0 Å². The summed E-state index contributed by atoms with van der Waals surface area (Å²) < 4.78 is 6.10. The molecule has 2 fully saturated rings. The van der Waals surface area contributed by atoms with Crippen molar-refractivity contribution in [2.45, 2.75) is 65.6 Å². The smallest absolute Gasteiger partial charge is 0.0640 e. The Labute approximate surface area is 88.2 Å². The maximum atomic E-state index is 6.10. The normalized spacial score (nSPS) is 48.2. The first kappa shape index (κ1) is 10.5. The molecular weight excluding hydrogens is 172 g/mol. The lowest BCUT2D eigenvalue weighted by Gasteiger charge is -2.43. The van der Waals surface area contributed by atoms with E-state index in [1.807, 2.05) is 0 Å². The lowest BCUT2D eigenvalue weighted by molar-refractivity contribution is -0.0389. The van der Waals surface area contributed by atoms with Crippen LogP contribution in [0.5, 0.6) is 0 Å². The summed E-state index contributed by atoms with van der Waals surface area (Å²) in [7, 11) is 0. The van der Waals surface area contributed by atoms with Gasteiger partial charge < -0.3 is 4.74 Å². The zero-order valence-corrected chi connectivity index (χ0v) is 10.0. The molecule has 2 rings (SSSR count). The highest BCUT2D eigenvalue weighted by atomic mass is 16.5. The molecule has 4 atom stereocenters. The Hall–Kier alpha value is -0.0400. The van der Waals surface area contributed by atoms with Gasteiger partial charge in [0.2, 0.25) is 0 Å². The molecule has 1 aliphatic heterocycles. The summed E-state index contributed by atoms with van der Waals surface area (Å²) in [5.41, 5.74) is 0.520. The van der Waals surface area contributed by atoms with Gasteiger partial charge in [0.1, 0.15) is 0 Å². The molecule has 14 heavy (non-hydrogen) atoms. The van der Waals surface area contributed by atoms with E-state index in [9.17, 15) is 0 Å². The van der Waals surface area contributed by atoms with Crippen LogP contribution in [0.3, 0.4) is 0 Å². The fourth-order valence-electron chi connectivity index (χ4n) is 3.58. The van der Waals surface area contributed by atoms with E-state index >= 15 is 0 Å². The summed E-state index contributed by atoms with van der Waals surface area (Å²) >= 11 is 0. The Morgan fingerprint density at radius 2 is 2.00 bits per heavy atom. The summed E-state index contributed by atoms with van der Waals surface area (Å²) in [5, 5.41) is 0. The van der Waals surface area contributed by atoms with Crippen LogP contribution in [0.4, 0.5) is 0 Å². The molecule has 0 aromatic carbocycles. The van der Waals surface area contributed by atoms with Crippen molar-refractivity contribution in [2.75, 3.05) is 0 Å². The minimum atomic E-state index is 0.493. The van der Waals surface area contributed by atoms with Crippen molar-refractivity contribution in [2.24, 2.45) is 17.3 Å². The van der Waals surface area contributed by atoms with E-state index < -0.39 is 0 Å². The molecular formula is C13H24O. The standard InChI is InChI=1S/C13H24O/c1-9(2)13-6-5-10(3)7-12(13)14-11(4)8-13/h9-12H,5-8H2,1-4H3/t10?,11?,12-,13-/m0/s1. The van der Waals surface area contributed by atoms with Gasteiger partial charge in [0.05, 0.1) is 12.2 Å². The molecule has 0 spiro atoms. The quantitative estimate of drug-likeness (QED) is 0.622. The monoisotopic (exact) mass is 196 g/mol. The van der Waals surface area contributed by atoms with Gasteiger partial charge in [-0.2, -0.15) is 0 Å². The summed E-state index contributed by atoms with van der Waals surface area (Å²) in [6, 6.07) is 0. The van der Waals surface area contributed by atoms with Crippen LogP contribution in [0.25, 0.3) is 0 Å². The van der Waals surface area contributed by atoms with Crippen molar-refractivity contribution in [3.8, 4) is 0 Å². The number of fused-ring (bicyclic) bond motifs is 1. The van der Waals surface area contributed by atoms with Crippen LogP contribution in [0, 0.1) is 17.3 Å². The van der Waals surface area contributed by atoms with Gasteiger partial charge in [0.25, 0.3) is 0 Å². The molecule has 82 valence electrons. The summed E-state index contributed by atoms with van der Waals surface area (Å²) in [6.07, 6.45) is 6.44. The maximum absolute atomic E-state index is 6.10. The van der Waals surface area contributed by atoms with Crippen LogP contribution >= 0.6 is 0 Å². The van der Waals surface area contributed by atoms with Gasteiger partial charge in [-0.3, -0.25) is 0 Å². The molecule has 1 heteroatoms. The summed E-state index contributed by atoms with van der Waals surface area (Å²) in [4.78, 5) is 0. The van der Waals surface area contributed by atoms with Gasteiger partial charge in [-0.25, -0.2) is 0 Å². The Balaban J connectivity index is 2.19. The zero-order valence-electron chi connectivity index (χ0n) is 10.0. The van der Waals surface area contributed by atoms with Crippen LogP contribution in [-0.2, 0) is 4.74 Å². The van der Waals surface area contributed by atoms with Crippen molar-refractivity contribution in [3.63, 3.8) is 0 Å². The van der Waals surface area contributed by atoms with Crippen molar-refractivity contribution in [1.29, 1.82) is 0 Å². The van der Waals surface area contributed by atoms with Crippen molar-refractivity contribution in [3.05, 3.63) is 0 Å². The molecule has 0 N–H and O–H groups in total. The molecule has 0 amide bonds. The third-order valence-corrected chi connectivity index (χ3v) is 4.57. The second kappa shape index (κ2) is 3.52. The minimum absolute atomic E-state index is 0.493. The topological polar surface area (TPSA) is 9.23 Å². The summed E-state index contributed by atoms with van der Waals surface area (Å²) in [6.45, 7) is 9.37. The highest BCUT2D eigenvalue weighted by molar-refractivity contribution is 4.99. The molecule has 1 saturated carbocycles. The van der Waals surface area contributed by atoms with Crippen LogP contribution in [0.15, 0.2) is 0 Å². The van der Waals surface area contributed by atoms with Crippen molar-refractivity contribution < 1.29 is 4.74 Å². The highest BCUT2D eigenvalue weighted by Gasteiger charge is 2.51.